The Bertz CT molecular complexity index is 400. The lowest BCUT2D eigenvalue weighted by molar-refractivity contribution is -0.163. The highest BCUT2D eigenvalue weighted by Gasteiger charge is 2.38. The Labute approximate surface area is 133 Å². The Morgan fingerprint density at radius 3 is 2.05 bits per heavy atom. The average molecular weight is 314 g/mol. The van der Waals surface area contributed by atoms with Gasteiger partial charge in [0.15, 0.2) is 0 Å². The molecular formula is C17H30O5. The smallest absolute Gasteiger partial charge is 0.333 e. The topological polar surface area (TPSA) is 72.8 Å². The minimum absolute atomic E-state index is 0.126. The fraction of sp³-hybridized carbons (Fsp3) is 0.765. The number of hydrogen-bond donors (Lipinski definition) is 1. The molecule has 128 valence electrons. The van der Waals surface area contributed by atoms with Crippen LogP contribution in [-0.2, 0) is 19.1 Å². The molecule has 0 aliphatic heterocycles. The van der Waals surface area contributed by atoms with E-state index in [4.69, 9.17) is 9.47 Å². The van der Waals surface area contributed by atoms with Crippen molar-refractivity contribution in [2.24, 2.45) is 17.3 Å². The monoisotopic (exact) mass is 314 g/mol. The third-order valence-corrected chi connectivity index (χ3v) is 3.73. The van der Waals surface area contributed by atoms with Crippen molar-refractivity contribution in [3.63, 3.8) is 0 Å². The second kappa shape index (κ2) is 8.93. The Balaban J connectivity index is 4.45. The molecule has 0 amide bonds. The van der Waals surface area contributed by atoms with Crippen molar-refractivity contribution in [3.05, 3.63) is 12.2 Å². The van der Waals surface area contributed by atoms with Crippen molar-refractivity contribution in [2.45, 2.75) is 54.1 Å². The van der Waals surface area contributed by atoms with Gasteiger partial charge in [0.1, 0.15) is 19.3 Å². The van der Waals surface area contributed by atoms with E-state index in [9.17, 15) is 14.7 Å². The summed E-state index contributed by atoms with van der Waals surface area (Å²) in [5.74, 6) is -0.416. The van der Waals surface area contributed by atoms with Crippen LogP contribution in [0, 0.1) is 17.3 Å². The van der Waals surface area contributed by atoms with Gasteiger partial charge in [0.2, 0.25) is 0 Å². The molecule has 2 unspecified atom stereocenters. The van der Waals surface area contributed by atoms with Gasteiger partial charge in [0, 0.05) is 5.57 Å². The van der Waals surface area contributed by atoms with Crippen molar-refractivity contribution in [3.8, 4) is 0 Å². The van der Waals surface area contributed by atoms with Crippen LogP contribution in [0.25, 0.3) is 0 Å². The molecule has 0 rings (SSSR count). The first-order chi connectivity index (χ1) is 10.0. The summed E-state index contributed by atoms with van der Waals surface area (Å²) in [6.07, 6.45) is -0.327. The maximum absolute atomic E-state index is 12.3. The van der Waals surface area contributed by atoms with E-state index in [0.717, 1.165) is 0 Å². The van der Waals surface area contributed by atoms with Crippen LogP contribution in [0.1, 0.15) is 48.0 Å². The summed E-state index contributed by atoms with van der Waals surface area (Å²) >= 11 is 0. The van der Waals surface area contributed by atoms with Gasteiger partial charge >= 0.3 is 11.9 Å². The summed E-state index contributed by atoms with van der Waals surface area (Å²) in [5, 5.41) is 9.73. The molecule has 0 aliphatic carbocycles. The molecule has 0 saturated heterocycles. The van der Waals surface area contributed by atoms with E-state index in [2.05, 4.69) is 20.4 Å². The number of aliphatic hydroxyl groups is 1. The van der Waals surface area contributed by atoms with Crippen LogP contribution in [0.3, 0.4) is 0 Å². The van der Waals surface area contributed by atoms with Crippen molar-refractivity contribution >= 4 is 11.9 Å². The lowest BCUT2D eigenvalue weighted by atomic mass is 9.73. The van der Waals surface area contributed by atoms with Gasteiger partial charge in [0.25, 0.3) is 0 Å². The summed E-state index contributed by atoms with van der Waals surface area (Å²) in [5.41, 5.74) is -0.337. The van der Waals surface area contributed by atoms with Gasteiger partial charge in [-0.25, -0.2) is 4.79 Å². The number of esters is 2. The molecule has 0 aromatic heterocycles. The largest absolute Gasteiger partial charge is 0.462 e. The highest BCUT2D eigenvalue weighted by Crippen LogP contribution is 2.35. The molecule has 0 bridgehead atoms. The van der Waals surface area contributed by atoms with E-state index in [0.29, 0.717) is 12.3 Å². The summed E-state index contributed by atoms with van der Waals surface area (Å²) in [6.45, 7) is 14.5. The lowest BCUT2D eigenvalue weighted by Gasteiger charge is -2.33. The molecular weight excluding hydrogens is 284 g/mol. The van der Waals surface area contributed by atoms with Crippen molar-refractivity contribution in [2.75, 3.05) is 13.2 Å². The minimum Gasteiger partial charge on any atom is -0.462 e. The third-order valence-electron chi connectivity index (χ3n) is 3.73. The first kappa shape index (κ1) is 20.6. The third kappa shape index (κ3) is 6.60. The number of aliphatic hydroxyl groups excluding tert-OH is 1. The molecule has 0 spiro atoms. The van der Waals surface area contributed by atoms with Gasteiger partial charge in [-0.1, -0.05) is 34.3 Å². The second-order valence-electron chi connectivity index (χ2n) is 6.80. The standard InChI is InChI=1S/C17H30O5/c1-11(2)8-17(7,13(5)6)16(20)22-10-14(18)9-21-15(19)12(3)4/h11,13-14,18H,3,8-10H2,1-2,4-7H3. The van der Waals surface area contributed by atoms with Gasteiger partial charge in [-0.15, -0.1) is 0 Å². The molecule has 2 atom stereocenters. The van der Waals surface area contributed by atoms with Crippen LogP contribution in [0.15, 0.2) is 12.2 Å². The molecule has 0 heterocycles. The fourth-order valence-electron chi connectivity index (χ4n) is 2.08. The van der Waals surface area contributed by atoms with Crippen LogP contribution in [0.5, 0.6) is 0 Å². The number of carbonyl (C=O) groups is 2. The molecule has 0 aromatic rings. The normalized spacial score (nSPS) is 15.3. The van der Waals surface area contributed by atoms with Crippen LogP contribution in [-0.4, -0.2) is 36.4 Å². The SMILES string of the molecule is C=C(C)C(=O)OCC(O)COC(=O)C(C)(CC(C)C)C(C)C. The quantitative estimate of drug-likeness (QED) is 0.523. The van der Waals surface area contributed by atoms with Gasteiger partial charge in [0.05, 0.1) is 5.41 Å². The molecule has 5 nitrogen and oxygen atoms in total. The Morgan fingerprint density at radius 2 is 1.64 bits per heavy atom. The molecule has 0 saturated carbocycles. The first-order valence-corrected chi connectivity index (χ1v) is 7.68. The molecule has 0 aliphatic rings. The highest BCUT2D eigenvalue weighted by atomic mass is 16.6. The maximum atomic E-state index is 12.3. The van der Waals surface area contributed by atoms with Gasteiger partial charge < -0.3 is 14.6 Å². The summed E-state index contributed by atoms with van der Waals surface area (Å²) in [4.78, 5) is 23.6. The van der Waals surface area contributed by atoms with E-state index < -0.39 is 17.5 Å². The predicted molar refractivity (Wildman–Crippen MR) is 85.1 cm³/mol. The fourth-order valence-corrected chi connectivity index (χ4v) is 2.08. The lowest BCUT2D eigenvalue weighted by Crippen LogP contribution is -2.38. The number of carbonyl (C=O) groups excluding carboxylic acids is 2. The summed E-state index contributed by atoms with van der Waals surface area (Å²) in [7, 11) is 0. The Hall–Kier alpha value is -1.36. The highest BCUT2D eigenvalue weighted by molar-refractivity contribution is 5.86. The molecule has 22 heavy (non-hydrogen) atoms. The second-order valence-corrected chi connectivity index (χ2v) is 6.80. The average Bonchev–Trinajstić information content (AvgIpc) is 2.40. The zero-order chi connectivity index (χ0) is 17.5. The number of hydrogen-bond acceptors (Lipinski definition) is 5. The van der Waals surface area contributed by atoms with E-state index in [1.807, 2.05) is 20.8 Å². The Morgan fingerprint density at radius 1 is 1.14 bits per heavy atom. The van der Waals surface area contributed by atoms with Gasteiger partial charge in [-0.05, 0) is 32.1 Å². The van der Waals surface area contributed by atoms with E-state index in [1.54, 1.807) is 0 Å². The molecule has 1 N–H and O–H groups in total. The van der Waals surface area contributed by atoms with E-state index in [1.165, 1.54) is 6.92 Å². The van der Waals surface area contributed by atoms with Crippen molar-refractivity contribution < 1.29 is 24.2 Å². The first-order valence-electron chi connectivity index (χ1n) is 7.68. The minimum atomic E-state index is -1.04. The van der Waals surface area contributed by atoms with Crippen LogP contribution in [0.2, 0.25) is 0 Å². The molecule has 0 radical (unpaired) electrons. The van der Waals surface area contributed by atoms with Crippen molar-refractivity contribution in [1.29, 1.82) is 0 Å². The summed E-state index contributed by atoms with van der Waals surface area (Å²) < 4.78 is 10.0. The van der Waals surface area contributed by atoms with Crippen molar-refractivity contribution in [1.82, 2.24) is 0 Å². The zero-order valence-corrected chi connectivity index (χ0v) is 14.6. The van der Waals surface area contributed by atoms with Gasteiger partial charge in [-0.3, -0.25) is 4.79 Å². The maximum Gasteiger partial charge on any atom is 0.333 e. The predicted octanol–water partition coefficient (Wildman–Crippen LogP) is 2.72. The zero-order valence-electron chi connectivity index (χ0n) is 14.6. The summed E-state index contributed by atoms with van der Waals surface area (Å²) in [6, 6.07) is 0. The number of ether oxygens (including phenoxy) is 2. The van der Waals surface area contributed by atoms with E-state index >= 15 is 0 Å². The number of rotatable bonds is 9. The van der Waals surface area contributed by atoms with Crippen LogP contribution < -0.4 is 0 Å². The van der Waals surface area contributed by atoms with Gasteiger partial charge in [-0.2, -0.15) is 0 Å². The van der Waals surface area contributed by atoms with Crippen LogP contribution in [0.4, 0.5) is 0 Å². The molecule has 5 heteroatoms. The Kier molecular flexibility index (Phi) is 8.38. The van der Waals surface area contributed by atoms with E-state index in [-0.39, 0.29) is 30.7 Å². The molecule has 0 aromatic carbocycles. The van der Waals surface area contributed by atoms with Crippen LogP contribution >= 0.6 is 0 Å². The molecule has 0 fully saturated rings.